The van der Waals surface area contributed by atoms with Crippen LogP contribution in [0.4, 0.5) is 0 Å². The van der Waals surface area contributed by atoms with Gasteiger partial charge in [-0.05, 0) is 48.2 Å². The van der Waals surface area contributed by atoms with Crippen LogP contribution in [0, 0.1) is 0 Å². The monoisotopic (exact) mass is 283 g/mol. The van der Waals surface area contributed by atoms with Gasteiger partial charge in [0.25, 0.3) is 0 Å². The maximum Gasteiger partial charge on any atom is 0.248 e. The van der Waals surface area contributed by atoms with Crippen molar-refractivity contribution in [3.8, 4) is 5.75 Å². The van der Waals surface area contributed by atoms with Crippen LogP contribution in [0.15, 0.2) is 48.5 Å². The Morgan fingerprint density at radius 1 is 0.905 bits per heavy atom. The predicted molar refractivity (Wildman–Crippen MR) is 84.5 cm³/mol. The van der Waals surface area contributed by atoms with Crippen molar-refractivity contribution in [3.63, 3.8) is 0 Å². The van der Waals surface area contributed by atoms with Crippen LogP contribution in [0.3, 0.4) is 0 Å². The average molecular weight is 283 g/mol. The fourth-order valence-electron chi connectivity index (χ4n) is 2.12. The number of rotatable bonds is 5. The lowest BCUT2D eigenvalue weighted by Gasteiger charge is -2.16. The summed E-state index contributed by atoms with van der Waals surface area (Å²) >= 11 is 0. The van der Waals surface area contributed by atoms with Crippen molar-refractivity contribution in [3.05, 3.63) is 65.2 Å². The molecule has 3 heteroatoms. The van der Waals surface area contributed by atoms with Crippen molar-refractivity contribution in [2.75, 3.05) is 0 Å². The zero-order valence-electron chi connectivity index (χ0n) is 12.7. The van der Waals surface area contributed by atoms with Gasteiger partial charge in [0.05, 0.1) is 0 Å². The smallest absolute Gasteiger partial charge is 0.248 e. The van der Waals surface area contributed by atoms with Gasteiger partial charge in [0.1, 0.15) is 11.9 Å². The summed E-state index contributed by atoms with van der Waals surface area (Å²) in [5.74, 6) is 0.816. The lowest BCUT2D eigenvalue weighted by atomic mass is 10.0. The molecule has 0 aliphatic heterocycles. The van der Waals surface area contributed by atoms with Crippen molar-refractivity contribution in [1.29, 1.82) is 0 Å². The molecule has 0 aliphatic rings. The Hall–Kier alpha value is -2.29. The van der Waals surface area contributed by atoms with E-state index in [1.807, 2.05) is 6.92 Å². The summed E-state index contributed by atoms with van der Waals surface area (Å²) in [6, 6.07) is 15.3. The molecule has 0 bridgehead atoms. The quantitative estimate of drug-likeness (QED) is 0.900. The maximum absolute atomic E-state index is 11.0. The number of carbonyl (C=O) groups is 1. The second-order valence-corrected chi connectivity index (χ2v) is 5.47. The van der Waals surface area contributed by atoms with Gasteiger partial charge in [-0.2, -0.15) is 0 Å². The van der Waals surface area contributed by atoms with E-state index in [0.29, 0.717) is 11.5 Å². The first-order valence-electron chi connectivity index (χ1n) is 7.13. The van der Waals surface area contributed by atoms with Gasteiger partial charge in [0.15, 0.2) is 0 Å². The summed E-state index contributed by atoms with van der Waals surface area (Å²) in [6.07, 6.45) is -0.0503. The highest BCUT2D eigenvalue weighted by atomic mass is 16.5. The third-order valence-electron chi connectivity index (χ3n) is 3.52. The molecule has 0 fully saturated rings. The van der Waals surface area contributed by atoms with E-state index in [4.69, 9.17) is 10.5 Å². The summed E-state index contributed by atoms with van der Waals surface area (Å²) in [5.41, 5.74) is 8.14. The summed E-state index contributed by atoms with van der Waals surface area (Å²) < 4.78 is 5.88. The first kappa shape index (κ1) is 15.1. The van der Waals surface area contributed by atoms with Crippen LogP contribution < -0.4 is 10.5 Å². The molecule has 0 saturated carbocycles. The van der Waals surface area contributed by atoms with Crippen LogP contribution in [0.5, 0.6) is 5.75 Å². The van der Waals surface area contributed by atoms with Gasteiger partial charge in [-0.25, -0.2) is 0 Å². The van der Waals surface area contributed by atoms with Crippen molar-refractivity contribution in [2.45, 2.75) is 32.8 Å². The molecule has 2 aromatic rings. The highest BCUT2D eigenvalue weighted by Gasteiger charge is 2.09. The minimum absolute atomic E-state index is 0.0503. The van der Waals surface area contributed by atoms with E-state index >= 15 is 0 Å². The van der Waals surface area contributed by atoms with E-state index in [0.717, 1.165) is 11.3 Å². The second kappa shape index (κ2) is 6.44. The summed E-state index contributed by atoms with van der Waals surface area (Å²) in [7, 11) is 0. The van der Waals surface area contributed by atoms with Crippen LogP contribution in [-0.4, -0.2) is 5.91 Å². The van der Waals surface area contributed by atoms with Crippen LogP contribution in [0.2, 0.25) is 0 Å². The lowest BCUT2D eigenvalue weighted by molar-refractivity contribution is 0.1000. The molecular weight excluding hydrogens is 262 g/mol. The number of primary amides is 1. The summed E-state index contributed by atoms with van der Waals surface area (Å²) in [4.78, 5) is 11.0. The third-order valence-corrected chi connectivity index (χ3v) is 3.52. The van der Waals surface area contributed by atoms with E-state index in [-0.39, 0.29) is 6.10 Å². The predicted octanol–water partition coefficient (Wildman–Crippen LogP) is 4.05. The molecule has 21 heavy (non-hydrogen) atoms. The molecule has 2 N–H and O–H groups in total. The van der Waals surface area contributed by atoms with Gasteiger partial charge in [-0.3, -0.25) is 4.79 Å². The van der Waals surface area contributed by atoms with Crippen LogP contribution >= 0.6 is 0 Å². The Bertz CT molecular complexity index is 600. The van der Waals surface area contributed by atoms with Crippen molar-refractivity contribution in [2.24, 2.45) is 5.73 Å². The minimum Gasteiger partial charge on any atom is -0.486 e. The lowest BCUT2D eigenvalue weighted by Crippen LogP contribution is -2.10. The molecule has 0 radical (unpaired) electrons. The van der Waals surface area contributed by atoms with E-state index in [1.54, 1.807) is 24.3 Å². The van der Waals surface area contributed by atoms with Gasteiger partial charge in [-0.1, -0.05) is 38.1 Å². The number of amides is 1. The zero-order valence-corrected chi connectivity index (χ0v) is 12.7. The molecule has 2 rings (SSSR count). The topological polar surface area (TPSA) is 52.3 Å². The number of carbonyl (C=O) groups excluding carboxylic acids is 1. The molecular formula is C18H21NO2. The molecule has 3 nitrogen and oxygen atoms in total. The van der Waals surface area contributed by atoms with Gasteiger partial charge in [0, 0.05) is 5.56 Å². The highest BCUT2D eigenvalue weighted by molar-refractivity contribution is 5.92. The van der Waals surface area contributed by atoms with E-state index in [9.17, 15) is 4.79 Å². The largest absolute Gasteiger partial charge is 0.486 e. The summed E-state index contributed by atoms with van der Waals surface area (Å²) in [6.45, 7) is 6.36. The number of ether oxygens (including phenoxy) is 1. The Labute approximate surface area is 125 Å². The minimum atomic E-state index is -0.432. The molecule has 2 aromatic carbocycles. The first-order chi connectivity index (χ1) is 9.97. The first-order valence-corrected chi connectivity index (χ1v) is 7.13. The number of benzene rings is 2. The van der Waals surface area contributed by atoms with Crippen LogP contribution in [-0.2, 0) is 0 Å². The Morgan fingerprint density at radius 3 is 1.90 bits per heavy atom. The van der Waals surface area contributed by atoms with Crippen molar-refractivity contribution in [1.82, 2.24) is 0 Å². The van der Waals surface area contributed by atoms with Crippen molar-refractivity contribution >= 4 is 5.91 Å². The van der Waals surface area contributed by atoms with Gasteiger partial charge in [0.2, 0.25) is 5.91 Å². The molecule has 1 amide bonds. The maximum atomic E-state index is 11.0. The van der Waals surface area contributed by atoms with Crippen molar-refractivity contribution < 1.29 is 9.53 Å². The second-order valence-electron chi connectivity index (χ2n) is 5.47. The zero-order chi connectivity index (χ0) is 15.4. The SMILES string of the molecule is CC(C)c1ccc([C@@H](C)Oc2ccc(C(N)=O)cc2)cc1. The van der Waals surface area contributed by atoms with E-state index in [2.05, 4.69) is 38.1 Å². The van der Waals surface area contributed by atoms with Gasteiger partial charge < -0.3 is 10.5 Å². The molecule has 0 unspecified atom stereocenters. The molecule has 1 atom stereocenters. The fraction of sp³-hybridized carbons (Fsp3) is 0.278. The molecule has 0 spiro atoms. The number of hydrogen-bond acceptors (Lipinski definition) is 2. The summed E-state index contributed by atoms with van der Waals surface area (Å²) in [5, 5.41) is 0. The normalized spacial score (nSPS) is 12.2. The van der Waals surface area contributed by atoms with Crippen LogP contribution in [0.1, 0.15) is 54.3 Å². The Kier molecular flexibility index (Phi) is 4.63. The van der Waals surface area contributed by atoms with E-state index < -0.39 is 5.91 Å². The standard InChI is InChI=1S/C18H21NO2/c1-12(2)14-4-6-15(7-5-14)13(3)21-17-10-8-16(9-11-17)18(19)20/h4-13H,1-3H3,(H2,19,20)/t13-/m1/s1. The molecule has 0 saturated heterocycles. The Balaban J connectivity index is 2.06. The third kappa shape index (κ3) is 3.85. The molecule has 0 heterocycles. The number of hydrogen-bond donors (Lipinski definition) is 1. The average Bonchev–Trinajstić information content (AvgIpc) is 2.47. The van der Waals surface area contributed by atoms with Crippen LogP contribution in [0.25, 0.3) is 0 Å². The Morgan fingerprint density at radius 2 is 1.43 bits per heavy atom. The molecule has 110 valence electrons. The fourth-order valence-corrected chi connectivity index (χ4v) is 2.12. The highest BCUT2D eigenvalue weighted by Crippen LogP contribution is 2.23. The van der Waals surface area contributed by atoms with E-state index in [1.165, 1.54) is 5.56 Å². The molecule has 0 aromatic heterocycles. The van der Waals surface area contributed by atoms with Gasteiger partial charge in [-0.15, -0.1) is 0 Å². The molecule has 0 aliphatic carbocycles. The van der Waals surface area contributed by atoms with Gasteiger partial charge >= 0.3 is 0 Å². The number of nitrogens with two attached hydrogens (primary N) is 1.